The fourth-order valence-electron chi connectivity index (χ4n) is 4.87. The summed E-state index contributed by atoms with van der Waals surface area (Å²) in [6.45, 7) is 3.53. The Kier molecular flexibility index (Phi) is 8.59. The van der Waals surface area contributed by atoms with E-state index in [9.17, 15) is 52.7 Å². The molecule has 1 heterocycles. The number of hydrogen-bond acceptors (Lipinski definition) is 2. The summed E-state index contributed by atoms with van der Waals surface area (Å²) in [5, 5.41) is 0. The molecule has 232 valence electrons. The van der Waals surface area contributed by atoms with Gasteiger partial charge in [0.1, 0.15) is 0 Å². The quantitative estimate of drug-likeness (QED) is 0.255. The number of allylic oxidation sites excluding steroid dienone is 2. The summed E-state index contributed by atoms with van der Waals surface area (Å²) in [7, 11) is 0. The zero-order valence-electron chi connectivity index (χ0n) is 22.2. The molecular weight excluding hydrogens is 622 g/mol. The fraction of sp³-hybridized carbons (Fsp3) is 0.310. The van der Waals surface area contributed by atoms with Crippen LogP contribution in [0.3, 0.4) is 0 Å². The van der Waals surface area contributed by atoms with Crippen molar-refractivity contribution < 1.29 is 52.7 Å². The molecule has 0 aromatic heterocycles. The van der Waals surface area contributed by atoms with Crippen LogP contribution in [0.5, 0.6) is 0 Å². The number of benzene rings is 3. The average Bonchev–Trinajstić information content (AvgIpc) is 3.33. The van der Waals surface area contributed by atoms with E-state index in [1.807, 2.05) is 0 Å². The van der Waals surface area contributed by atoms with Crippen LogP contribution in [0.25, 0.3) is 22.3 Å². The molecule has 3 aromatic carbocycles. The molecule has 0 radical (unpaired) electrons. The molecule has 43 heavy (non-hydrogen) atoms. The van der Waals surface area contributed by atoms with Crippen molar-refractivity contribution in [2.45, 2.75) is 51.4 Å². The number of hydrogen-bond donors (Lipinski definition) is 0. The lowest BCUT2D eigenvalue weighted by Gasteiger charge is -2.28. The lowest BCUT2D eigenvalue weighted by atomic mass is 9.91. The normalized spacial score (nSPS) is 15.1. The third kappa shape index (κ3) is 6.78. The van der Waals surface area contributed by atoms with Crippen molar-refractivity contribution in [3.05, 3.63) is 87.5 Å². The Labute approximate surface area is 242 Å². The molecule has 0 saturated heterocycles. The van der Waals surface area contributed by atoms with Crippen molar-refractivity contribution in [2.24, 2.45) is 0 Å². The molecule has 1 aliphatic heterocycles. The van der Waals surface area contributed by atoms with Gasteiger partial charge in [0.15, 0.2) is 0 Å². The Hall–Kier alpha value is -3.29. The maximum atomic E-state index is 13.7. The molecule has 14 heteroatoms. The topological polar surface area (TPSA) is 3.24 Å². The summed E-state index contributed by atoms with van der Waals surface area (Å²) >= 11 is 1.30. The molecule has 0 amide bonds. The highest BCUT2D eigenvalue weighted by molar-refractivity contribution is 8.03. The van der Waals surface area contributed by atoms with E-state index in [1.165, 1.54) is 28.8 Å². The highest BCUT2D eigenvalue weighted by atomic mass is 32.2. The zero-order valence-corrected chi connectivity index (χ0v) is 23.0. The van der Waals surface area contributed by atoms with Crippen LogP contribution >= 0.6 is 11.8 Å². The summed E-state index contributed by atoms with van der Waals surface area (Å²) in [5.74, 6) is 0.0759. The number of alkyl halides is 12. The van der Waals surface area contributed by atoms with Crippen LogP contribution in [0.4, 0.5) is 58.4 Å². The Morgan fingerprint density at radius 3 is 1.26 bits per heavy atom. The lowest BCUT2D eigenvalue weighted by Crippen LogP contribution is -2.20. The van der Waals surface area contributed by atoms with Crippen LogP contribution in [0.2, 0.25) is 0 Å². The van der Waals surface area contributed by atoms with Crippen molar-refractivity contribution in [1.29, 1.82) is 0 Å². The first-order valence-corrected chi connectivity index (χ1v) is 13.6. The monoisotopic (exact) mass is 643 g/mol. The van der Waals surface area contributed by atoms with E-state index in [0.29, 0.717) is 42.8 Å². The molecule has 0 N–H and O–H groups in total. The second-order valence-electron chi connectivity index (χ2n) is 9.57. The predicted molar refractivity (Wildman–Crippen MR) is 140 cm³/mol. The van der Waals surface area contributed by atoms with Gasteiger partial charge in [-0.15, -0.1) is 11.8 Å². The van der Waals surface area contributed by atoms with Gasteiger partial charge in [-0.05, 0) is 60.4 Å². The van der Waals surface area contributed by atoms with E-state index in [4.69, 9.17) is 0 Å². The smallest absolute Gasteiger partial charge is 0.333 e. The highest BCUT2D eigenvalue weighted by Gasteiger charge is 2.39. The minimum Gasteiger partial charge on any atom is -0.333 e. The van der Waals surface area contributed by atoms with Gasteiger partial charge < -0.3 is 4.90 Å². The number of halogens is 12. The van der Waals surface area contributed by atoms with Crippen molar-refractivity contribution in [2.75, 3.05) is 10.8 Å². The van der Waals surface area contributed by atoms with Gasteiger partial charge in [-0.2, -0.15) is 52.7 Å². The van der Waals surface area contributed by atoms with Gasteiger partial charge in [0.05, 0.1) is 33.8 Å². The summed E-state index contributed by atoms with van der Waals surface area (Å²) in [6, 6.07) is 5.32. The minimum absolute atomic E-state index is 0.0618. The second-order valence-corrected chi connectivity index (χ2v) is 10.6. The van der Waals surface area contributed by atoms with Crippen LogP contribution in [0.1, 0.15) is 48.9 Å². The summed E-state index contributed by atoms with van der Waals surface area (Å²) in [6.07, 6.45) is -20.0. The predicted octanol–water partition coefficient (Wildman–Crippen LogP) is 11.6. The number of para-hydroxylation sites is 1. The molecule has 1 nitrogen and oxygen atoms in total. The van der Waals surface area contributed by atoms with Crippen LogP contribution in [-0.4, -0.2) is 5.88 Å². The lowest BCUT2D eigenvalue weighted by molar-refractivity contribution is -0.144. The highest BCUT2D eigenvalue weighted by Crippen LogP contribution is 2.50. The molecule has 0 bridgehead atoms. The molecule has 1 aliphatic rings. The van der Waals surface area contributed by atoms with E-state index < -0.39 is 58.1 Å². The molecule has 4 rings (SSSR count). The number of nitrogens with zero attached hydrogens (tertiary/aromatic N) is 1. The molecule has 0 spiro atoms. The van der Waals surface area contributed by atoms with E-state index in [1.54, 1.807) is 13.8 Å². The van der Waals surface area contributed by atoms with Crippen molar-refractivity contribution >= 4 is 17.4 Å². The summed E-state index contributed by atoms with van der Waals surface area (Å²) < 4.78 is 165. The number of rotatable bonds is 5. The summed E-state index contributed by atoms with van der Waals surface area (Å²) in [5.41, 5.74) is -7.60. The molecule has 0 saturated carbocycles. The molecule has 0 aliphatic carbocycles. The van der Waals surface area contributed by atoms with E-state index in [0.717, 1.165) is 11.0 Å². The van der Waals surface area contributed by atoms with Crippen LogP contribution in [-0.2, 0) is 24.7 Å². The van der Waals surface area contributed by atoms with Gasteiger partial charge in [-0.3, -0.25) is 0 Å². The van der Waals surface area contributed by atoms with Gasteiger partial charge in [0.25, 0.3) is 0 Å². The van der Waals surface area contributed by atoms with Crippen molar-refractivity contribution in [3.63, 3.8) is 0 Å². The Morgan fingerprint density at radius 2 is 0.953 bits per heavy atom. The van der Waals surface area contributed by atoms with Crippen LogP contribution in [0.15, 0.2) is 65.2 Å². The first-order chi connectivity index (χ1) is 19.8. The molecule has 0 unspecified atom stereocenters. The van der Waals surface area contributed by atoms with E-state index >= 15 is 0 Å². The molecular formula is C29H21F12NS. The Morgan fingerprint density at radius 1 is 0.581 bits per heavy atom. The van der Waals surface area contributed by atoms with Gasteiger partial charge in [-0.25, -0.2) is 0 Å². The van der Waals surface area contributed by atoms with Gasteiger partial charge in [-0.1, -0.05) is 32.0 Å². The zero-order chi connectivity index (χ0) is 32.1. The Bertz CT molecular complexity index is 1390. The minimum atomic E-state index is -5.19. The van der Waals surface area contributed by atoms with Gasteiger partial charge in [0, 0.05) is 21.7 Å². The van der Waals surface area contributed by atoms with Crippen molar-refractivity contribution in [3.8, 4) is 22.3 Å². The number of anilines is 1. The standard InChI is InChI=1S/C29H21F12NS/c1-3-23-24(4-2)43-14-42(23)25-21(15-8-17(26(30,31)32)12-18(9-15)27(33,34)35)6-5-7-22(25)16-10-19(28(36,37)38)13-20(11-16)29(39,40)41/h5-13H,3-4,14H2,1-2H3. The molecule has 0 fully saturated rings. The first-order valence-electron chi connectivity index (χ1n) is 12.6. The SMILES string of the molecule is CCC1=C(CC)N(c2c(-c3cc(C(F)(F)F)cc(C(F)(F)F)c3)cccc2-c2cc(C(F)(F)F)cc(C(F)(F)F)c2)CS1. The molecule has 0 atom stereocenters. The van der Waals surface area contributed by atoms with Crippen LogP contribution in [0, 0.1) is 0 Å². The van der Waals surface area contributed by atoms with Crippen molar-refractivity contribution in [1.82, 2.24) is 0 Å². The first kappa shape index (κ1) is 32.6. The summed E-state index contributed by atoms with van der Waals surface area (Å²) in [4.78, 5) is 2.33. The maximum Gasteiger partial charge on any atom is 0.416 e. The third-order valence-electron chi connectivity index (χ3n) is 6.77. The third-order valence-corrected chi connectivity index (χ3v) is 8.03. The fourth-order valence-corrected chi connectivity index (χ4v) is 6.06. The van der Waals surface area contributed by atoms with E-state index in [-0.39, 0.29) is 34.8 Å². The van der Waals surface area contributed by atoms with Crippen LogP contribution < -0.4 is 4.90 Å². The molecule has 3 aromatic rings. The number of thioether (sulfide) groups is 1. The van der Waals surface area contributed by atoms with E-state index in [2.05, 4.69) is 0 Å². The van der Waals surface area contributed by atoms with Gasteiger partial charge >= 0.3 is 24.7 Å². The largest absolute Gasteiger partial charge is 0.416 e. The van der Waals surface area contributed by atoms with Gasteiger partial charge in [0.2, 0.25) is 0 Å². The maximum absolute atomic E-state index is 13.7. The average molecular weight is 644 g/mol. The Balaban J connectivity index is 2.13. The second kappa shape index (κ2) is 11.3.